The van der Waals surface area contributed by atoms with Crippen molar-refractivity contribution in [2.45, 2.75) is 31.6 Å². The van der Waals surface area contributed by atoms with Crippen molar-refractivity contribution in [2.24, 2.45) is 13.0 Å². The molecule has 1 aliphatic rings. The van der Waals surface area contributed by atoms with E-state index in [2.05, 4.69) is 6.07 Å². The Hall–Kier alpha value is -1.85. The lowest BCUT2D eigenvalue weighted by atomic mass is 10.2. The van der Waals surface area contributed by atoms with Crippen LogP contribution in [0.15, 0.2) is 17.2 Å². The minimum atomic E-state index is -3.54. The van der Waals surface area contributed by atoms with Crippen LogP contribution in [0.2, 0.25) is 0 Å². The van der Waals surface area contributed by atoms with Crippen molar-refractivity contribution in [1.29, 1.82) is 5.26 Å². The molecule has 1 aliphatic heterocycles. The predicted octanol–water partition coefficient (Wildman–Crippen LogP) is 1.43. The molecule has 24 heavy (non-hydrogen) atoms. The number of aryl methyl sites for hydroxylation is 1. The second kappa shape index (κ2) is 7.36. The van der Waals surface area contributed by atoms with Crippen LogP contribution in [0.5, 0.6) is 0 Å². The van der Waals surface area contributed by atoms with Gasteiger partial charge in [-0.05, 0) is 32.8 Å². The van der Waals surface area contributed by atoms with E-state index >= 15 is 0 Å². The van der Waals surface area contributed by atoms with E-state index in [9.17, 15) is 13.2 Å². The van der Waals surface area contributed by atoms with E-state index < -0.39 is 10.0 Å². The third kappa shape index (κ3) is 3.62. The Kier molecular flexibility index (Phi) is 5.67. The summed E-state index contributed by atoms with van der Waals surface area (Å²) in [6.07, 6.45) is 3.23. The summed E-state index contributed by atoms with van der Waals surface area (Å²) in [7, 11) is -1.88. The standard InChI is InChI=1S/C16H24N4O3S/c1-4-19(11-13(2)10-17)16(21)15-9-14(12-18(15)3)24(22,23)20-7-5-6-8-20/h9,12-13H,4-8,11H2,1-3H3. The normalized spacial score (nSPS) is 16.8. The lowest BCUT2D eigenvalue weighted by Gasteiger charge is -2.22. The second-order valence-corrected chi connectivity index (χ2v) is 8.10. The fraction of sp³-hybridized carbons (Fsp3) is 0.625. The molecular weight excluding hydrogens is 328 g/mol. The molecule has 132 valence electrons. The van der Waals surface area contributed by atoms with Gasteiger partial charge in [0, 0.05) is 39.4 Å². The maximum atomic E-state index is 12.7. The fourth-order valence-electron chi connectivity index (χ4n) is 2.85. The maximum absolute atomic E-state index is 12.7. The minimum Gasteiger partial charge on any atom is -0.345 e. The number of carbonyl (C=O) groups is 1. The molecular formula is C16H24N4O3S. The van der Waals surface area contributed by atoms with E-state index in [-0.39, 0.29) is 16.7 Å². The zero-order valence-electron chi connectivity index (χ0n) is 14.4. The highest BCUT2D eigenvalue weighted by atomic mass is 32.2. The summed E-state index contributed by atoms with van der Waals surface area (Å²) >= 11 is 0. The van der Waals surface area contributed by atoms with E-state index in [1.165, 1.54) is 16.6 Å². The van der Waals surface area contributed by atoms with E-state index in [0.717, 1.165) is 12.8 Å². The molecule has 1 amide bonds. The highest BCUT2D eigenvalue weighted by molar-refractivity contribution is 7.89. The topological polar surface area (TPSA) is 86.4 Å². The van der Waals surface area contributed by atoms with Gasteiger partial charge >= 0.3 is 0 Å². The van der Waals surface area contributed by atoms with Crippen LogP contribution in [0.25, 0.3) is 0 Å². The van der Waals surface area contributed by atoms with Crippen molar-refractivity contribution in [3.8, 4) is 6.07 Å². The average Bonchev–Trinajstić information content (AvgIpc) is 3.21. The van der Waals surface area contributed by atoms with Gasteiger partial charge < -0.3 is 9.47 Å². The number of nitriles is 1. The highest BCUT2D eigenvalue weighted by Crippen LogP contribution is 2.23. The first-order chi connectivity index (χ1) is 11.3. The molecule has 1 saturated heterocycles. The Balaban J connectivity index is 2.27. The first-order valence-corrected chi connectivity index (χ1v) is 9.60. The summed E-state index contributed by atoms with van der Waals surface area (Å²) in [6.45, 7) is 5.44. The van der Waals surface area contributed by atoms with Crippen molar-refractivity contribution >= 4 is 15.9 Å². The number of rotatable bonds is 6. The molecule has 0 saturated carbocycles. The summed E-state index contributed by atoms with van der Waals surface area (Å²) in [5.41, 5.74) is 0.319. The Morgan fingerprint density at radius 1 is 1.42 bits per heavy atom. The first kappa shape index (κ1) is 18.5. The number of carbonyl (C=O) groups excluding carboxylic acids is 1. The van der Waals surface area contributed by atoms with E-state index in [0.29, 0.717) is 31.9 Å². The summed E-state index contributed by atoms with van der Waals surface area (Å²) in [5, 5.41) is 8.94. The molecule has 1 aromatic heterocycles. The zero-order valence-corrected chi connectivity index (χ0v) is 15.2. The Labute approximate surface area is 143 Å². The predicted molar refractivity (Wildman–Crippen MR) is 89.8 cm³/mol. The Morgan fingerprint density at radius 3 is 2.58 bits per heavy atom. The summed E-state index contributed by atoms with van der Waals surface area (Å²) in [5.74, 6) is -0.535. The smallest absolute Gasteiger partial charge is 0.270 e. The van der Waals surface area contributed by atoms with Crippen molar-refractivity contribution in [3.63, 3.8) is 0 Å². The summed E-state index contributed by atoms with van der Waals surface area (Å²) in [4.78, 5) is 14.4. The van der Waals surface area contributed by atoms with Gasteiger partial charge in [0.05, 0.1) is 12.0 Å². The van der Waals surface area contributed by atoms with Gasteiger partial charge in [-0.15, -0.1) is 0 Å². The minimum absolute atomic E-state index is 0.152. The molecule has 7 nitrogen and oxygen atoms in total. The van der Waals surface area contributed by atoms with Gasteiger partial charge in [0.25, 0.3) is 5.91 Å². The third-order valence-electron chi connectivity index (χ3n) is 4.29. The third-order valence-corrected chi connectivity index (χ3v) is 6.15. The SMILES string of the molecule is CCN(CC(C)C#N)C(=O)c1cc(S(=O)(=O)N2CCCC2)cn1C. The van der Waals surface area contributed by atoms with Crippen LogP contribution in [-0.4, -0.2) is 54.3 Å². The van der Waals surface area contributed by atoms with Crippen molar-refractivity contribution in [3.05, 3.63) is 18.0 Å². The molecule has 0 aliphatic carbocycles. The van der Waals surface area contributed by atoms with Crippen molar-refractivity contribution < 1.29 is 13.2 Å². The van der Waals surface area contributed by atoms with E-state index in [1.54, 1.807) is 23.4 Å². The fourth-order valence-corrected chi connectivity index (χ4v) is 4.44. The molecule has 0 spiro atoms. The monoisotopic (exact) mass is 352 g/mol. The molecule has 1 aromatic rings. The number of hydrogen-bond acceptors (Lipinski definition) is 4. The molecule has 1 atom stereocenters. The average molecular weight is 352 g/mol. The quantitative estimate of drug-likeness (QED) is 0.775. The Bertz CT molecular complexity index is 742. The van der Waals surface area contributed by atoms with E-state index in [1.807, 2.05) is 6.92 Å². The van der Waals surface area contributed by atoms with E-state index in [4.69, 9.17) is 5.26 Å². The number of aromatic nitrogens is 1. The lowest BCUT2D eigenvalue weighted by molar-refractivity contribution is 0.0743. The van der Waals surface area contributed by atoms with Gasteiger partial charge in [-0.3, -0.25) is 4.79 Å². The van der Waals surface area contributed by atoms with Crippen LogP contribution in [0.4, 0.5) is 0 Å². The molecule has 8 heteroatoms. The van der Waals surface area contributed by atoms with Crippen molar-refractivity contribution in [2.75, 3.05) is 26.2 Å². The zero-order chi connectivity index (χ0) is 17.9. The van der Waals surface area contributed by atoms with Crippen LogP contribution < -0.4 is 0 Å². The summed E-state index contributed by atoms with van der Waals surface area (Å²) < 4.78 is 28.3. The van der Waals surface area contributed by atoms with Gasteiger partial charge in [-0.2, -0.15) is 9.57 Å². The van der Waals surface area contributed by atoms with Crippen LogP contribution in [0.1, 0.15) is 37.2 Å². The number of amides is 1. The van der Waals surface area contributed by atoms with Gasteiger partial charge in [-0.25, -0.2) is 8.42 Å². The first-order valence-electron chi connectivity index (χ1n) is 8.16. The molecule has 0 bridgehead atoms. The number of hydrogen-bond donors (Lipinski definition) is 0. The number of nitrogens with zero attached hydrogens (tertiary/aromatic N) is 4. The Morgan fingerprint density at radius 2 is 2.04 bits per heavy atom. The largest absolute Gasteiger partial charge is 0.345 e. The number of sulfonamides is 1. The molecule has 2 rings (SSSR count). The van der Waals surface area contributed by atoms with Gasteiger partial charge in [0.2, 0.25) is 10.0 Å². The van der Waals surface area contributed by atoms with Gasteiger partial charge in [-0.1, -0.05) is 0 Å². The van der Waals surface area contributed by atoms with Gasteiger partial charge in [0.15, 0.2) is 0 Å². The van der Waals surface area contributed by atoms with Crippen LogP contribution in [-0.2, 0) is 17.1 Å². The van der Waals surface area contributed by atoms with Crippen LogP contribution >= 0.6 is 0 Å². The molecule has 0 N–H and O–H groups in total. The van der Waals surface area contributed by atoms with Gasteiger partial charge in [0.1, 0.15) is 10.6 Å². The lowest BCUT2D eigenvalue weighted by Crippen LogP contribution is -2.35. The molecule has 0 aromatic carbocycles. The van der Waals surface area contributed by atoms with Crippen LogP contribution in [0.3, 0.4) is 0 Å². The molecule has 1 unspecified atom stereocenters. The molecule has 1 fully saturated rings. The molecule has 0 radical (unpaired) electrons. The van der Waals surface area contributed by atoms with Crippen molar-refractivity contribution in [1.82, 2.24) is 13.8 Å². The highest BCUT2D eigenvalue weighted by Gasteiger charge is 2.30. The second-order valence-electron chi connectivity index (χ2n) is 6.16. The summed E-state index contributed by atoms with van der Waals surface area (Å²) in [6, 6.07) is 3.55. The van der Waals surface area contributed by atoms with Crippen LogP contribution in [0, 0.1) is 17.2 Å². The molecule has 2 heterocycles. The maximum Gasteiger partial charge on any atom is 0.270 e.